The zero-order valence-electron chi connectivity index (χ0n) is 9.42. The average Bonchev–Trinajstić information content (AvgIpc) is 2.96. The minimum Gasteiger partial charge on any atom is -0.382 e. The molecule has 0 saturated heterocycles. The van der Waals surface area contributed by atoms with Crippen LogP contribution in [0.15, 0.2) is 11.7 Å². The third-order valence-corrected chi connectivity index (χ3v) is 3.38. The Morgan fingerprint density at radius 1 is 1.28 bits per heavy atom. The number of nitrogens with two attached hydrogens (primary N) is 2. The van der Waals surface area contributed by atoms with E-state index in [1.807, 2.05) is 5.38 Å². The minimum atomic E-state index is 0.385. The molecule has 3 aromatic rings. The number of anilines is 1. The van der Waals surface area contributed by atoms with E-state index in [9.17, 15) is 0 Å². The van der Waals surface area contributed by atoms with Gasteiger partial charge in [0.2, 0.25) is 0 Å². The standard InChI is InChI=1S/C10H11N7S/c11-2-1-6-15-5(3-18-6)9-16-7-8(12)13-4-14-10(7)17-9/h3-4H,1-2,11H2,(H3,12,13,14,16,17). The predicted octanol–water partition coefficient (Wildman–Crippen LogP) is 0.560. The number of fused-ring (bicyclic) bond motifs is 1. The number of nitrogens with one attached hydrogen (secondary N) is 1. The van der Waals surface area contributed by atoms with Gasteiger partial charge in [0.25, 0.3) is 0 Å². The SMILES string of the molecule is NCCc1nc(-c2nc3ncnc(N)c3[nH]2)cs1. The first kappa shape index (κ1) is 11.1. The Bertz CT molecular complexity index is 686. The molecule has 8 heteroatoms. The van der Waals surface area contributed by atoms with Crippen molar-refractivity contribution >= 4 is 28.3 Å². The Hall–Kier alpha value is -2.06. The maximum absolute atomic E-state index is 5.74. The van der Waals surface area contributed by atoms with Gasteiger partial charge in [-0.15, -0.1) is 11.3 Å². The largest absolute Gasteiger partial charge is 0.382 e. The molecular formula is C10H11N7S. The van der Waals surface area contributed by atoms with Gasteiger partial charge in [-0.1, -0.05) is 0 Å². The van der Waals surface area contributed by atoms with Crippen LogP contribution in [0.2, 0.25) is 0 Å². The Balaban J connectivity index is 2.05. The van der Waals surface area contributed by atoms with E-state index in [1.165, 1.54) is 6.33 Å². The number of aromatic nitrogens is 5. The van der Waals surface area contributed by atoms with Gasteiger partial charge >= 0.3 is 0 Å². The van der Waals surface area contributed by atoms with E-state index in [0.717, 1.165) is 17.1 Å². The highest BCUT2D eigenvalue weighted by Gasteiger charge is 2.11. The van der Waals surface area contributed by atoms with Crippen LogP contribution in [0.3, 0.4) is 0 Å². The molecule has 0 aromatic carbocycles. The van der Waals surface area contributed by atoms with Gasteiger partial charge in [-0.2, -0.15) is 0 Å². The topological polar surface area (TPSA) is 119 Å². The Morgan fingerprint density at radius 3 is 2.94 bits per heavy atom. The summed E-state index contributed by atoms with van der Waals surface area (Å²) in [6.07, 6.45) is 2.16. The number of hydrogen-bond donors (Lipinski definition) is 3. The molecule has 3 rings (SSSR count). The zero-order chi connectivity index (χ0) is 12.5. The van der Waals surface area contributed by atoms with E-state index in [-0.39, 0.29) is 0 Å². The van der Waals surface area contributed by atoms with Crippen LogP contribution < -0.4 is 11.5 Å². The summed E-state index contributed by atoms with van der Waals surface area (Å²) < 4.78 is 0. The quantitative estimate of drug-likeness (QED) is 0.633. The van der Waals surface area contributed by atoms with Crippen molar-refractivity contribution in [3.8, 4) is 11.5 Å². The molecule has 0 aliphatic carbocycles. The van der Waals surface area contributed by atoms with Crippen LogP contribution in [0.25, 0.3) is 22.7 Å². The molecule has 3 heterocycles. The molecule has 0 atom stereocenters. The van der Waals surface area contributed by atoms with Crippen molar-refractivity contribution < 1.29 is 0 Å². The van der Waals surface area contributed by atoms with Crippen molar-refractivity contribution in [3.05, 3.63) is 16.7 Å². The van der Waals surface area contributed by atoms with Gasteiger partial charge in [-0.05, 0) is 6.54 Å². The first-order chi connectivity index (χ1) is 8.78. The monoisotopic (exact) mass is 261 g/mol. The van der Waals surface area contributed by atoms with Crippen molar-refractivity contribution in [1.29, 1.82) is 0 Å². The first-order valence-corrected chi connectivity index (χ1v) is 6.27. The molecule has 5 N–H and O–H groups in total. The lowest BCUT2D eigenvalue weighted by molar-refractivity contribution is 0.953. The van der Waals surface area contributed by atoms with Gasteiger partial charge in [0.1, 0.15) is 17.5 Å². The fourth-order valence-electron chi connectivity index (χ4n) is 1.63. The van der Waals surface area contributed by atoms with Crippen molar-refractivity contribution in [2.45, 2.75) is 6.42 Å². The van der Waals surface area contributed by atoms with Crippen LogP contribution in [-0.4, -0.2) is 31.5 Å². The van der Waals surface area contributed by atoms with E-state index in [4.69, 9.17) is 11.5 Å². The Morgan fingerprint density at radius 2 is 2.17 bits per heavy atom. The number of H-pyrrole nitrogens is 1. The predicted molar refractivity (Wildman–Crippen MR) is 70.0 cm³/mol. The molecule has 0 aliphatic rings. The molecule has 18 heavy (non-hydrogen) atoms. The molecule has 0 fully saturated rings. The third-order valence-electron chi connectivity index (χ3n) is 2.47. The summed E-state index contributed by atoms with van der Waals surface area (Å²) in [4.78, 5) is 19.8. The summed E-state index contributed by atoms with van der Waals surface area (Å²) in [5.74, 6) is 1.04. The van der Waals surface area contributed by atoms with Crippen LogP contribution in [0.1, 0.15) is 5.01 Å². The lowest BCUT2D eigenvalue weighted by atomic mass is 10.4. The molecule has 0 spiro atoms. The second-order valence-corrected chi connectivity index (χ2v) is 4.65. The van der Waals surface area contributed by atoms with Crippen molar-refractivity contribution in [3.63, 3.8) is 0 Å². The number of thiazole rings is 1. The minimum absolute atomic E-state index is 0.385. The van der Waals surface area contributed by atoms with Gasteiger partial charge in [0, 0.05) is 11.8 Å². The maximum atomic E-state index is 5.74. The van der Waals surface area contributed by atoms with Gasteiger partial charge in [0.05, 0.1) is 5.01 Å². The number of aromatic amines is 1. The van der Waals surface area contributed by atoms with Crippen LogP contribution in [0, 0.1) is 0 Å². The lowest BCUT2D eigenvalue weighted by Crippen LogP contribution is -2.02. The fourth-order valence-corrected chi connectivity index (χ4v) is 2.42. The van der Waals surface area contributed by atoms with Crippen molar-refractivity contribution in [1.82, 2.24) is 24.9 Å². The smallest absolute Gasteiger partial charge is 0.183 e. The summed E-state index contributed by atoms with van der Waals surface area (Å²) in [6.45, 7) is 0.589. The number of hydrogen-bond acceptors (Lipinski definition) is 7. The van der Waals surface area contributed by atoms with E-state index >= 15 is 0 Å². The number of nitrogen functional groups attached to an aromatic ring is 1. The number of nitrogens with zero attached hydrogens (tertiary/aromatic N) is 4. The third kappa shape index (κ3) is 1.81. The summed E-state index contributed by atoms with van der Waals surface area (Å²) in [7, 11) is 0. The van der Waals surface area contributed by atoms with Crippen LogP contribution in [0.5, 0.6) is 0 Å². The van der Waals surface area contributed by atoms with E-state index in [0.29, 0.717) is 29.4 Å². The highest BCUT2D eigenvalue weighted by atomic mass is 32.1. The molecule has 0 bridgehead atoms. The van der Waals surface area contributed by atoms with E-state index in [2.05, 4.69) is 24.9 Å². The summed E-state index contributed by atoms with van der Waals surface area (Å²) >= 11 is 1.56. The molecule has 0 radical (unpaired) electrons. The molecule has 3 aromatic heterocycles. The van der Waals surface area contributed by atoms with Crippen LogP contribution >= 0.6 is 11.3 Å². The van der Waals surface area contributed by atoms with E-state index < -0.39 is 0 Å². The molecule has 0 amide bonds. The first-order valence-electron chi connectivity index (χ1n) is 5.39. The number of imidazole rings is 1. The Kier molecular flexibility index (Phi) is 2.65. The zero-order valence-corrected chi connectivity index (χ0v) is 10.2. The lowest BCUT2D eigenvalue weighted by Gasteiger charge is -1.90. The number of rotatable bonds is 3. The van der Waals surface area contributed by atoms with E-state index in [1.54, 1.807) is 11.3 Å². The molecule has 0 saturated carbocycles. The highest BCUT2D eigenvalue weighted by molar-refractivity contribution is 7.09. The molecule has 0 unspecified atom stereocenters. The van der Waals surface area contributed by atoms with Crippen molar-refractivity contribution in [2.75, 3.05) is 12.3 Å². The van der Waals surface area contributed by atoms with Crippen LogP contribution in [-0.2, 0) is 6.42 Å². The average molecular weight is 261 g/mol. The highest BCUT2D eigenvalue weighted by Crippen LogP contribution is 2.23. The van der Waals surface area contributed by atoms with Crippen LogP contribution in [0.4, 0.5) is 5.82 Å². The summed E-state index contributed by atoms with van der Waals surface area (Å²) in [5.41, 5.74) is 13.2. The molecular weight excluding hydrogens is 250 g/mol. The van der Waals surface area contributed by atoms with Gasteiger partial charge in [0.15, 0.2) is 17.3 Å². The van der Waals surface area contributed by atoms with Gasteiger partial charge < -0.3 is 16.5 Å². The Labute approximate surface area is 106 Å². The maximum Gasteiger partial charge on any atom is 0.183 e. The summed E-state index contributed by atoms with van der Waals surface area (Å²) in [5, 5.41) is 2.93. The molecule has 92 valence electrons. The second-order valence-electron chi connectivity index (χ2n) is 3.71. The molecule has 7 nitrogen and oxygen atoms in total. The van der Waals surface area contributed by atoms with Crippen molar-refractivity contribution in [2.24, 2.45) is 5.73 Å². The molecule has 0 aliphatic heterocycles. The fraction of sp³-hybridized carbons (Fsp3) is 0.200. The summed E-state index contributed by atoms with van der Waals surface area (Å²) in [6, 6.07) is 0. The van der Waals surface area contributed by atoms with Gasteiger partial charge in [-0.3, -0.25) is 0 Å². The second kappa shape index (κ2) is 4.31. The normalized spacial score (nSPS) is 11.2. The van der Waals surface area contributed by atoms with Gasteiger partial charge in [-0.25, -0.2) is 19.9 Å².